The van der Waals surface area contributed by atoms with E-state index in [0.29, 0.717) is 12.1 Å². The van der Waals surface area contributed by atoms with Gasteiger partial charge in [0.15, 0.2) is 0 Å². The number of nitrogens with two attached hydrogens (primary N) is 1. The molecule has 0 radical (unpaired) electrons. The van der Waals surface area contributed by atoms with Crippen LogP contribution in [0.3, 0.4) is 0 Å². The maximum absolute atomic E-state index is 5.71. The lowest BCUT2D eigenvalue weighted by Crippen LogP contribution is -2.38. The van der Waals surface area contributed by atoms with Crippen LogP contribution in [0.15, 0.2) is 24.3 Å². The quantitative estimate of drug-likeness (QED) is 0.817. The molecule has 0 aliphatic heterocycles. The van der Waals surface area contributed by atoms with E-state index in [2.05, 4.69) is 24.1 Å². The number of ether oxygens (including phenoxy) is 1. The standard InChI is InChI=1S/C14H22N2O/c1-16(12-8-6-11(15)7-9-12)13-4-3-5-14(10-13)17-2/h6-9,13-14H,3-5,10,15H2,1-2H3. The fraction of sp³-hybridized carbons (Fsp3) is 0.571. The Bertz CT molecular complexity index is 350. The van der Waals surface area contributed by atoms with E-state index in [4.69, 9.17) is 10.5 Å². The normalized spacial score (nSPS) is 24.6. The van der Waals surface area contributed by atoms with Gasteiger partial charge in [0.25, 0.3) is 0 Å². The average Bonchev–Trinajstić information content (AvgIpc) is 2.39. The van der Waals surface area contributed by atoms with Gasteiger partial charge in [0, 0.05) is 31.6 Å². The van der Waals surface area contributed by atoms with Crippen molar-refractivity contribution in [1.29, 1.82) is 0 Å². The highest BCUT2D eigenvalue weighted by atomic mass is 16.5. The van der Waals surface area contributed by atoms with Crippen LogP contribution in [-0.4, -0.2) is 26.3 Å². The van der Waals surface area contributed by atoms with Crippen molar-refractivity contribution in [2.24, 2.45) is 0 Å². The van der Waals surface area contributed by atoms with E-state index >= 15 is 0 Å². The van der Waals surface area contributed by atoms with Gasteiger partial charge in [-0.15, -0.1) is 0 Å². The Labute approximate surface area is 104 Å². The van der Waals surface area contributed by atoms with Crippen LogP contribution in [0.2, 0.25) is 0 Å². The lowest BCUT2D eigenvalue weighted by molar-refractivity contribution is 0.0637. The molecule has 3 heteroatoms. The van der Waals surface area contributed by atoms with Crippen LogP contribution in [0.5, 0.6) is 0 Å². The minimum Gasteiger partial charge on any atom is -0.399 e. The highest BCUT2D eigenvalue weighted by Gasteiger charge is 2.24. The van der Waals surface area contributed by atoms with Crippen molar-refractivity contribution in [2.75, 3.05) is 24.8 Å². The van der Waals surface area contributed by atoms with Gasteiger partial charge >= 0.3 is 0 Å². The SMILES string of the molecule is COC1CCCC(N(C)c2ccc(N)cc2)C1. The molecule has 2 unspecified atom stereocenters. The van der Waals surface area contributed by atoms with Crippen LogP contribution in [0, 0.1) is 0 Å². The van der Waals surface area contributed by atoms with E-state index < -0.39 is 0 Å². The highest BCUT2D eigenvalue weighted by Crippen LogP contribution is 2.27. The summed E-state index contributed by atoms with van der Waals surface area (Å²) in [6.45, 7) is 0. The molecule has 1 saturated carbocycles. The molecule has 0 heterocycles. The zero-order valence-electron chi connectivity index (χ0n) is 10.7. The van der Waals surface area contributed by atoms with E-state index in [1.807, 2.05) is 19.2 Å². The largest absolute Gasteiger partial charge is 0.399 e. The van der Waals surface area contributed by atoms with Gasteiger partial charge in [-0.2, -0.15) is 0 Å². The molecule has 1 aromatic carbocycles. The maximum atomic E-state index is 5.71. The summed E-state index contributed by atoms with van der Waals surface area (Å²) in [7, 11) is 3.98. The molecule has 1 aliphatic carbocycles. The Balaban J connectivity index is 2.03. The summed E-state index contributed by atoms with van der Waals surface area (Å²) in [5.41, 5.74) is 7.77. The van der Waals surface area contributed by atoms with E-state index in [-0.39, 0.29) is 0 Å². The van der Waals surface area contributed by atoms with Crippen molar-refractivity contribution < 1.29 is 4.74 Å². The van der Waals surface area contributed by atoms with E-state index in [0.717, 1.165) is 12.1 Å². The molecular formula is C14H22N2O. The number of methoxy groups -OCH3 is 1. The van der Waals surface area contributed by atoms with E-state index in [9.17, 15) is 0 Å². The Morgan fingerprint density at radius 3 is 2.59 bits per heavy atom. The minimum atomic E-state index is 0.421. The van der Waals surface area contributed by atoms with Crippen molar-refractivity contribution in [1.82, 2.24) is 0 Å². The highest BCUT2D eigenvalue weighted by molar-refractivity contribution is 5.53. The molecule has 17 heavy (non-hydrogen) atoms. The predicted molar refractivity (Wildman–Crippen MR) is 72.3 cm³/mol. The smallest absolute Gasteiger partial charge is 0.0591 e. The van der Waals surface area contributed by atoms with E-state index in [1.165, 1.54) is 24.9 Å². The van der Waals surface area contributed by atoms with Crippen molar-refractivity contribution in [3.8, 4) is 0 Å². The Morgan fingerprint density at radius 1 is 1.24 bits per heavy atom. The van der Waals surface area contributed by atoms with Gasteiger partial charge in [0.05, 0.1) is 6.10 Å². The minimum absolute atomic E-state index is 0.421. The second-order valence-electron chi connectivity index (χ2n) is 4.88. The number of hydrogen-bond acceptors (Lipinski definition) is 3. The fourth-order valence-electron chi connectivity index (χ4n) is 2.61. The van der Waals surface area contributed by atoms with Gasteiger partial charge in [-0.05, 0) is 49.9 Å². The average molecular weight is 234 g/mol. The fourth-order valence-corrected chi connectivity index (χ4v) is 2.61. The topological polar surface area (TPSA) is 38.5 Å². The molecule has 94 valence electrons. The first kappa shape index (κ1) is 12.2. The van der Waals surface area contributed by atoms with Gasteiger partial charge in [0.2, 0.25) is 0 Å². The first-order valence-electron chi connectivity index (χ1n) is 6.32. The van der Waals surface area contributed by atoms with Crippen molar-refractivity contribution in [3.63, 3.8) is 0 Å². The first-order chi connectivity index (χ1) is 8.20. The number of nitrogens with zero attached hydrogens (tertiary/aromatic N) is 1. The van der Waals surface area contributed by atoms with Crippen molar-refractivity contribution in [2.45, 2.75) is 37.8 Å². The molecule has 1 aromatic rings. The summed E-state index contributed by atoms with van der Waals surface area (Å²) in [6, 6.07) is 8.68. The van der Waals surface area contributed by atoms with Gasteiger partial charge in [-0.1, -0.05) is 0 Å². The second-order valence-corrected chi connectivity index (χ2v) is 4.88. The molecule has 2 atom stereocenters. The Kier molecular flexibility index (Phi) is 3.89. The third-order valence-electron chi connectivity index (χ3n) is 3.78. The summed E-state index contributed by atoms with van der Waals surface area (Å²) in [5.74, 6) is 0. The van der Waals surface area contributed by atoms with Crippen LogP contribution in [-0.2, 0) is 4.74 Å². The van der Waals surface area contributed by atoms with Crippen LogP contribution < -0.4 is 10.6 Å². The number of nitrogen functional groups attached to an aromatic ring is 1. The van der Waals surface area contributed by atoms with Crippen LogP contribution in [0.4, 0.5) is 11.4 Å². The summed E-state index contributed by atoms with van der Waals surface area (Å²) < 4.78 is 5.48. The molecule has 2 rings (SSSR count). The summed E-state index contributed by atoms with van der Waals surface area (Å²) in [6.07, 6.45) is 5.24. The molecule has 1 fully saturated rings. The lowest BCUT2D eigenvalue weighted by Gasteiger charge is -2.36. The number of benzene rings is 1. The van der Waals surface area contributed by atoms with Crippen molar-refractivity contribution in [3.05, 3.63) is 24.3 Å². The Morgan fingerprint density at radius 2 is 1.94 bits per heavy atom. The molecule has 0 amide bonds. The summed E-state index contributed by atoms with van der Waals surface area (Å²) in [5, 5.41) is 0. The number of hydrogen-bond donors (Lipinski definition) is 1. The van der Waals surface area contributed by atoms with Gasteiger partial charge in [-0.25, -0.2) is 0 Å². The molecule has 0 bridgehead atoms. The molecule has 0 spiro atoms. The molecule has 2 N–H and O–H groups in total. The number of rotatable bonds is 3. The lowest BCUT2D eigenvalue weighted by atomic mass is 9.91. The van der Waals surface area contributed by atoms with Gasteiger partial charge in [0.1, 0.15) is 0 Å². The Hall–Kier alpha value is -1.22. The molecule has 0 aromatic heterocycles. The van der Waals surface area contributed by atoms with Crippen molar-refractivity contribution >= 4 is 11.4 Å². The maximum Gasteiger partial charge on any atom is 0.0591 e. The molecular weight excluding hydrogens is 212 g/mol. The zero-order chi connectivity index (χ0) is 12.3. The van der Waals surface area contributed by atoms with Gasteiger partial charge in [-0.3, -0.25) is 0 Å². The molecule has 3 nitrogen and oxygen atoms in total. The predicted octanol–water partition coefficient (Wildman–Crippen LogP) is 2.66. The number of anilines is 2. The van der Waals surface area contributed by atoms with E-state index in [1.54, 1.807) is 0 Å². The summed E-state index contributed by atoms with van der Waals surface area (Å²) >= 11 is 0. The second kappa shape index (κ2) is 5.41. The van der Waals surface area contributed by atoms with Crippen LogP contribution >= 0.6 is 0 Å². The molecule has 0 saturated heterocycles. The molecule has 1 aliphatic rings. The summed E-state index contributed by atoms with van der Waals surface area (Å²) in [4.78, 5) is 2.35. The van der Waals surface area contributed by atoms with Crippen LogP contribution in [0.1, 0.15) is 25.7 Å². The van der Waals surface area contributed by atoms with Crippen LogP contribution in [0.25, 0.3) is 0 Å². The third-order valence-corrected chi connectivity index (χ3v) is 3.78. The zero-order valence-corrected chi connectivity index (χ0v) is 10.7. The monoisotopic (exact) mass is 234 g/mol. The first-order valence-corrected chi connectivity index (χ1v) is 6.32. The van der Waals surface area contributed by atoms with Gasteiger partial charge < -0.3 is 15.4 Å². The third kappa shape index (κ3) is 2.91.